The van der Waals surface area contributed by atoms with E-state index < -0.39 is 5.97 Å². The standard InChI is InChI=1S/C23H27NO5S/c1-5-29-17-10-7-15(13-18(17)27-3)8-11-20(25)24-22-21(23(26)28-4)16-9-6-14(2)12-19(16)30-22/h7-8,10-11,13-14H,5-6,9,12H2,1-4H3,(H,24,25). The minimum atomic E-state index is -0.405. The average Bonchev–Trinajstić information content (AvgIpc) is 3.09. The van der Waals surface area contributed by atoms with Gasteiger partial charge in [-0.25, -0.2) is 4.79 Å². The molecule has 1 aliphatic carbocycles. The highest BCUT2D eigenvalue weighted by Crippen LogP contribution is 2.40. The molecule has 1 unspecified atom stereocenters. The summed E-state index contributed by atoms with van der Waals surface area (Å²) in [5, 5.41) is 3.42. The van der Waals surface area contributed by atoms with Gasteiger partial charge < -0.3 is 19.5 Å². The summed E-state index contributed by atoms with van der Waals surface area (Å²) in [4.78, 5) is 26.1. The second kappa shape index (κ2) is 9.80. The highest BCUT2D eigenvalue weighted by molar-refractivity contribution is 7.17. The van der Waals surface area contributed by atoms with E-state index in [-0.39, 0.29) is 5.91 Å². The fourth-order valence-electron chi connectivity index (χ4n) is 3.54. The van der Waals surface area contributed by atoms with Gasteiger partial charge in [-0.05, 0) is 61.4 Å². The first kappa shape index (κ1) is 21.9. The molecule has 1 aliphatic rings. The van der Waals surface area contributed by atoms with Crippen LogP contribution in [0.3, 0.4) is 0 Å². The number of carbonyl (C=O) groups is 2. The lowest BCUT2D eigenvalue weighted by molar-refractivity contribution is -0.111. The van der Waals surface area contributed by atoms with Crippen LogP contribution in [0.1, 0.15) is 46.6 Å². The van der Waals surface area contributed by atoms with Gasteiger partial charge in [0, 0.05) is 11.0 Å². The normalized spacial score (nSPS) is 15.5. The van der Waals surface area contributed by atoms with Gasteiger partial charge in [0.25, 0.3) is 0 Å². The molecule has 6 nitrogen and oxygen atoms in total. The predicted octanol–water partition coefficient (Wildman–Crippen LogP) is 4.72. The molecule has 2 aromatic rings. The van der Waals surface area contributed by atoms with Gasteiger partial charge in [-0.15, -0.1) is 11.3 Å². The van der Waals surface area contributed by atoms with Crippen molar-refractivity contribution < 1.29 is 23.8 Å². The fraction of sp³-hybridized carbons (Fsp3) is 0.391. The Morgan fingerprint density at radius 1 is 1.27 bits per heavy atom. The smallest absolute Gasteiger partial charge is 0.341 e. The topological polar surface area (TPSA) is 73.9 Å². The molecule has 7 heteroatoms. The minimum Gasteiger partial charge on any atom is -0.493 e. The number of rotatable bonds is 7. The van der Waals surface area contributed by atoms with Crippen LogP contribution in [-0.2, 0) is 22.4 Å². The lowest BCUT2D eigenvalue weighted by atomic mass is 9.88. The first-order chi connectivity index (χ1) is 14.5. The summed E-state index contributed by atoms with van der Waals surface area (Å²) in [5.74, 6) is 1.12. The highest BCUT2D eigenvalue weighted by atomic mass is 32.1. The van der Waals surface area contributed by atoms with E-state index in [1.54, 1.807) is 19.3 Å². The van der Waals surface area contributed by atoms with E-state index >= 15 is 0 Å². The van der Waals surface area contributed by atoms with E-state index in [9.17, 15) is 9.59 Å². The maximum Gasteiger partial charge on any atom is 0.341 e. The third-order valence-electron chi connectivity index (χ3n) is 5.05. The summed E-state index contributed by atoms with van der Waals surface area (Å²) in [6.07, 6.45) is 5.91. The van der Waals surface area contributed by atoms with E-state index in [2.05, 4.69) is 12.2 Å². The Morgan fingerprint density at radius 3 is 2.77 bits per heavy atom. The zero-order valence-electron chi connectivity index (χ0n) is 17.7. The van der Waals surface area contributed by atoms with Crippen LogP contribution in [0, 0.1) is 5.92 Å². The molecule has 1 heterocycles. The molecule has 1 amide bonds. The average molecular weight is 430 g/mol. The summed E-state index contributed by atoms with van der Waals surface area (Å²) in [5.41, 5.74) is 2.31. The Balaban J connectivity index is 1.79. The zero-order valence-corrected chi connectivity index (χ0v) is 18.6. The van der Waals surface area contributed by atoms with E-state index in [4.69, 9.17) is 14.2 Å². The van der Waals surface area contributed by atoms with Gasteiger partial charge in [-0.1, -0.05) is 13.0 Å². The lowest BCUT2D eigenvalue weighted by Crippen LogP contribution is -2.14. The fourth-order valence-corrected chi connectivity index (χ4v) is 4.95. The Hall–Kier alpha value is -2.80. The van der Waals surface area contributed by atoms with E-state index in [1.807, 2.05) is 19.1 Å². The van der Waals surface area contributed by atoms with Crippen LogP contribution in [-0.4, -0.2) is 32.7 Å². The molecule has 1 aromatic heterocycles. The van der Waals surface area contributed by atoms with Gasteiger partial charge in [0.15, 0.2) is 11.5 Å². The van der Waals surface area contributed by atoms with Gasteiger partial charge >= 0.3 is 5.97 Å². The van der Waals surface area contributed by atoms with Crippen LogP contribution < -0.4 is 14.8 Å². The van der Waals surface area contributed by atoms with E-state index in [1.165, 1.54) is 24.5 Å². The maximum absolute atomic E-state index is 12.6. The van der Waals surface area contributed by atoms with Crippen molar-refractivity contribution in [3.63, 3.8) is 0 Å². The molecule has 0 bridgehead atoms. The highest BCUT2D eigenvalue weighted by Gasteiger charge is 2.28. The molecule has 0 saturated heterocycles. The van der Waals surface area contributed by atoms with E-state index in [0.29, 0.717) is 34.6 Å². The number of hydrogen-bond acceptors (Lipinski definition) is 6. The number of anilines is 1. The summed E-state index contributed by atoms with van der Waals surface area (Å²) in [7, 11) is 2.94. The van der Waals surface area contributed by atoms with Crippen molar-refractivity contribution in [1.82, 2.24) is 0 Å². The molecular formula is C23H27NO5S. The molecule has 1 atom stereocenters. The molecule has 1 N–H and O–H groups in total. The van der Waals surface area contributed by atoms with Gasteiger partial charge in [-0.3, -0.25) is 4.79 Å². The lowest BCUT2D eigenvalue weighted by Gasteiger charge is -2.18. The maximum atomic E-state index is 12.6. The van der Waals surface area contributed by atoms with Crippen molar-refractivity contribution in [2.75, 3.05) is 26.1 Å². The molecule has 3 rings (SSSR count). The quantitative estimate of drug-likeness (QED) is 0.509. The summed E-state index contributed by atoms with van der Waals surface area (Å²) >= 11 is 1.47. The molecule has 0 saturated carbocycles. The number of benzene rings is 1. The first-order valence-electron chi connectivity index (χ1n) is 9.99. The monoisotopic (exact) mass is 429 g/mol. The number of nitrogens with one attached hydrogen (secondary N) is 1. The minimum absolute atomic E-state index is 0.306. The van der Waals surface area contributed by atoms with Crippen LogP contribution in [0.4, 0.5) is 5.00 Å². The molecule has 30 heavy (non-hydrogen) atoms. The number of hydrogen-bond donors (Lipinski definition) is 1. The number of methoxy groups -OCH3 is 2. The SMILES string of the molecule is CCOc1ccc(C=CC(=O)Nc2sc3c(c2C(=O)OC)CCC(C)C3)cc1OC. The van der Waals surface area contributed by atoms with Crippen molar-refractivity contribution in [3.05, 3.63) is 45.8 Å². The van der Waals surface area contributed by atoms with Crippen molar-refractivity contribution >= 4 is 34.3 Å². The molecule has 0 fully saturated rings. The van der Waals surface area contributed by atoms with Crippen LogP contribution in [0.2, 0.25) is 0 Å². The number of fused-ring (bicyclic) bond motifs is 1. The van der Waals surface area contributed by atoms with Gasteiger partial charge in [0.05, 0.1) is 26.4 Å². The summed E-state index contributed by atoms with van der Waals surface area (Å²) in [6, 6.07) is 5.46. The summed E-state index contributed by atoms with van der Waals surface area (Å²) < 4.78 is 15.8. The van der Waals surface area contributed by atoms with E-state index in [0.717, 1.165) is 35.3 Å². The third kappa shape index (κ3) is 4.84. The van der Waals surface area contributed by atoms with Crippen molar-refractivity contribution in [3.8, 4) is 11.5 Å². The largest absolute Gasteiger partial charge is 0.493 e. The molecule has 0 aliphatic heterocycles. The number of amides is 1. The van der Waals surface area contributed by atoms with Crippen LogP contribution in [0.5, 0.6) is 11.5 Å². The van der Waals surface area contributed by atoms with Crippen LogP contribution in [0.15, 0.2) is 24.3 Å². The predicted molar refractivity (Wildman–Crippen MR) is 119 cm³/mol. The van der Waals surface area contributed by atoms with Crippen LogP contribution in [0.25, 0.3) is 6.08 Å². The first-order valence-corrected chi connectivity index (χ1v) is 10.8. The number of esters is 1. The van der Waals surface area contributed by atoms with Crippen molar-refractivity contribution in [2.24, 2.45) is 5.92 Å². The second-order valence-electron chi connectivity index (χ2n) is 7.21. The van der Waals surface area contributed by atoms with Crippen LogP contribution >= 0.6 is 11.3 Å². The Labute approximate surface area is 180 Å². The van der Waals surface area contributed by atoms with Gasteiger partial charge in [-0.2, -0.15) is 0 Å². The Morgan fingerprint density at radius 2 is 2.07 bits per heavy atom. The van der Waals surface area contributed by atoms with Crippen molar-refractivity contribution in [2.45, 2.75) is 33.1 Å². The molecule has 1 aromatic carbocycles. The molecule has 0 radical (unpaired) electrons. The number of carbonyl (C=O) groups excluding carboxylic acids is 2. The molecule has 0 spiro atoms. The van der Waals surface area contributed by atoms with Gasteiger partial charge in [0.2, 0.25) is 5.91 Å². The Bertz CT molecular complexity index is 963. The number of thiophene rings is 1. The zero-order chi connectivity index (χ0) is 21.7. The summed E-state index contributed by atoms with van der Waals surface area (Å²) in [6.45, 7) is 4.65. The molecular weight excluding hydrogens is 402 g/mol. The van der Waals surface area contributed by atoms with Gasteiger partial charge in [0.1, 0.15) is 5.00 Å². The Kier molecular flexibility index (Phi) is 7.15. The number of ether oxygens (including phenoxy) is 3. The third-order valence-corrected chi connectivity index (χ3v) is 6.22. The second-order valence-corrected chi connectivity index (χ2v) is 8.32. The van der Waals surface area contributed by atoms with Crippen molar-refractivity contribution in [1.29, 1.82) is 0 Å². The molecule has 160 valence electrons.